The summed E-state index contributed by atoms with van der Waals surface area (Å²) in [6.07, 6.45) is 0. The lowest BCUT2D eigenvalue weighted by molar-refractivity contribution is 0.0734. The van der Waals surface area contributed by atoms with E-state index in [4.69, 9.17) is 9.47 Å². The van der Waals surface area contributed by atoms with Crippen molar-refractivity contribution < 1.29 is 14.3 Å². The number of benzene rings is 3. The largest absolute Gasteiger partial charge is 0.489 e. The van der Waals surface area contributed by atoms with Crippen LogP contribution in [0.3, 0.4) is 0 Å². The number of carbonyl (C=O) groups is 1. The fourth-order valence-corrected chi connectivity index (χ4v) is 2.19. The molecule has 120 valence electrons. The molecule has 24 heavy (non-hydrogen) atoms. The van der Waals surface area contributed by atoms with Gasteiger partial charge in [-0.3, -0.25) is 0 Å². The van der Waals surface area contributed by atoms with Crippen LogP contribution in [0.2, 0.25) is 0 Å². The van der Waals surface area contributed by atoms with Gasteiger partial charge >= 0.3 is 5.97 Å². The second-order valence-corrected chi connectivity index (χ2v) is 5.50. The molecule has 0 aliphatic carbocycles. The molecule has 3 aromatic rings. The standard InChI is InChI=1S/C21H18O3/c1-16-7-13-19(14-8-16)23-15-17-9-11-18(12-10-17)21(22)24-20-5-3-2-4-6-20/h2-14H,15H2,1H3. The number of aryl methyl sites for hydroxylation is 1. The lowest BCUT2D eigenvalue weighted by Gasteiger charge is -2.08. The molecule has 0 aliphatic rings. The Morgan fingerprint density at radius 2 is 1.46 bits per heavy atom. The molecule has 0 atom stereocenters. The maximum absolute atomic E-state index is 12.1. The first-order valence-electron chi connectivity index (χ1n) is 7.76. The molecule has 0 saturated carbocycles. The minimum absolute atomic E-state index is 0.368. The van der Waals surface area contributed by atoms with Crippen molar-refractivity contribution in [1.82, 2.24) is 0 Å². The molecule has 3 rings (SSSR count). The first-order valence-corrected chi connectivity index (χ1v) is 7.76. The van der Waals surface area contributed by atoms with Crippen LogP contribution >= 0.6 is 0 Å². The first kappa shape index (κ1) is 15.8. The van der Waals surface area contributed by atoms with E-state index in [0.717, 1.165) is 11.3 Å². The van der Waals surface area contributed by atoms with Gasteiger partial charge in [-0.1, -0.05) is 48.0 Å². The summed E-state index contributed by atoms with van der Waals surface area (Å²) in [7, 11) is 0. The molecule has 0 spiro atoms. The van der Waals surface area contributed by atoms with Gasteiger partial charge in [0, 0.05) is 0 Å². The first-order chi connectivity index (χ1) is 11.7. The number of esters is 1. The van der Waals surface area contributed by atoms with Gasteiger partial charge in [0.25, 0.3) is 0 Å². The van der Waals surface area contributed by atoms with Crippen LogP contribution in [0.15, 0.2) is 78.9 Å². The van der Waals surface area contributed by atoms with Crippen molar-refractivity contribution in [3.05, 3.63) is 95.6 Å². The minimum atomic E-state index is -0.368. The Morgan fingerprint density at radius 3 is 2.12 bits per heavy atom. The van der Waals surface area contributed by atoms with Gasteiger partial charge in [0.15, 0.2) is 0 Å². The Morgan fingerprint density at radius 1 is 0.792 bits per heavy atom. The van der Waals surface area contributed by atoms with E-state index in [0.29, 0.717) is 17.9 Å². The predicted molar refractivity (Wildman–Crippen MR) is 93.4 cm³/mol. The maximum Gasteiger partial charge on any atom is 0.343 e. The van der Waals surface area contributed by atoms with Crippen LogP contribution in [-0.4, -0.2) is 5.97 Å². The molecule has 0 heterocycles. The van der Waals surface area contributed by atoms with Crippen molar-refractivity contribution in [3.8, 4) is 11.5 Å². The van der Waals surface area contributed by atoms with E-state index in [1.165, 1.54) is 5.56 Å². The molecular formula is C21H18O3. The number of ether oxygens (including phenoxy) is 2. The molecule has 0 aliphatic heterocycles. The zero-order chi connectivity index (χ0) is 16.8. The van der Waals surface area contributed by atoms with Crippen LogP contribution in [0.1, 0.15) is 21.5 Å². The second kappa shape index (κ2) is 7.47. The van der Waals surface area contributed by atoms with Crippen LogP contribution in [0, 0.1) is 6.92 Å². The fourth-order valence-electron chi connectivity index (χ4n) is 2.19. The highest BCUT2D eigenvalue weighted by Crippen LogP contribution is 2.15. The third-order valence-electron chi connectivity index (χ3n) is 3.57. The van der Waals surface area contributed by atoms with E-state index >= 15 is 0 Å². The molecule has 0 aromatic heterocycles. The fraction of sp³-hybridized carbons (Fsp3) is 0.0952. The Kier molecular flexibility index (Phi) is 4.92. The third-order valence-corrected chi connectivity index (χ3v) is 3.57. The summed E-state index contributed by atoms with van der Waals surface area (Å²) in [5.74, 6) is 0.995. The quantitative estimate of drug-likeness (QED) is 0.501. The van der Waals surface area contributed by atoms with Gasteiger partial charge in [-0.15, -0.1) is 0 Å². The van der Waals surface area contributed by atoms with Gasteiger partial charge in [0.1, 0.15) is 18.1 Å². The molecular weight excluding hydrogens is 300 g/mol. The van der Waals surface area contributed by atoms with Crippen molar-refractivity contribution in [2.24, 2.45) is 0 Å². The van der Waals surface area contributed by atoms with E-state index in [1.807, 2.05) is 61.5 Å². The summed E-state index contributed by atoms with van der Waals surface area (Å²) in [5.41, 5.74) is 2.70. The van der Waals surface area contributed by atoms with Gasteiger partial charge < -0.3 is 9.47 Å². The van der Waals surface area contributed by atoms with E-state index in [-0.39, 0.29) is 5.97 Å². The number of carbonyl (C=O) groups excluding carboxylic acids is 1. The average molecular weight is 318 g/mol. The predicted octanol–water partition coefficient (Wildman–Crippen LogP) is 4.79. The summed E-state index contributed by atoms with van der Waals surface area (Å²) in [6, 6.07) is 24.2. The van der Waals surface area contributed by atoms with Crippen molar-refractivity contribution >= 4 is 5.97 Å². The van der Waals surface area contributed by atoms with Crippen molar-refractivity contribution in [1.29, 1.82) is 0 Å². The van der Waals surface area contributed by atoms with Gasteiger partial charge in [0.2, 0.25) is 0 Å². The Bertz CT molecular complexity index is 791. The highest BCUT2D eigenvalue weighted by atomic mass is 16.5. The Labute approximate surface area is 141 Å². The molecule has 0 fully saturated rings. The zero-order valence-electron chi connectivity index (χ0n) is 13.4. The number of hydrogen-bond donors (Lipinski definition) is 0. The van der Waals surface area contributed by atoms with Crippen molar-refractivity contribution in [2.45, 2.75) is 13.5 Å². The normalized spacial score (nSPS) is 10.2. The second-order valence-electron chi connectivity index (χ2n) is 5.50. The number of rotatable bonds is 5. The molecule has 3 aromatic carbocycles. The van der Waals surface area contributed by atoms with E-state index in [2.05, 4.69) is 0 Å². The van der Waals surface area contributed by atoms with Gasteiger partial charge in [-0.2, -0.15) is 0 Å². The van der Waals surface area contributed by atoms with E-state index < -0.39 is 0 Å². The third kappa shape index (κ3) is 4.23. The van der Waals surface area contributed by atoms with Gasteiger partial charge in [0.05, 0.1) is 5.56 Å². The molecule has 0 N–H and O–H groups in total. The van der Waals surface area contributed by atoms with E-state index in [1.54, 1.807) is 24.3 Å². The topological polar surface area (TPSA) is 35.5 Å². The highest BCUT2D eigenvalue weighted by molar-refractivity contribution is 5.91. The number of para-hydroxylation sites is 1. The van der Waals surface area contributed by atoms with Crippen LogP contribution in [0.25, 0.3) is 0 Å². The minimum Gasteiger partial charge on any atom is -0.489 e. The summed E-state index contributed by atoms with van der Waals surface area (Å²) >= 11 is 0. The van der Waals surface area contributed by atoms with E-state index in [9.17, 15) is 4.79 Å². The van der Waals surface area contributed by atoms with Crippen molar-refractivity contribution in [2.75, 3.05) is 0 Å². The molecule has 0 bridgehead atoms. The summed E-state index contributed by atoms with van der Waals surface area (Å²) in [4.78, 5) is 12.1. The van der Waals surface area contributed by atoms with Crippen LogP contribution in [0.4, 0.5) is 0 Å². The van der Waals surface area contributed by atoms with Gasteiger partial charge in [-0.05, 0) is 48.9 Å². The highest BCUT2D eigenvalue weighted by Gasteiger charge is 2.08. The number of hydrogen-bond acceptors (Lipinski definition) is 3. The smallest absolute Gasteiger partial charge is 0.343 e. The van der Waals surface area contributed by atoms with Crippen LogP contribution in [-0.2, 0) is 6.61 Å². The van der Waals surface area contributed by atoms with Gasteiger partial charge in [-0.25, -0.2) is 4.79 Å². The average Bonchev–Trinajstić information content (AvgIpc) is 2.62. The SMILES string of the molecule is Cc1ccc(OCc2ccc(C(=O)Oc3ccccc3)cc2)cc1. The Hall–Kier alpha value is -3.07. The molecule has 0 radical (unpaired) electrons. The molecule has 3 heteroatoms. The Balaban J connectivity index is 1.58. The molecule has 3 nitrogen and oxygen atoms in total. The molecule has 0 unspecified atom stereocenters. The maximum atomic E-state index is 12.1. The lowest BCUT2D eigenvalue weighted by Crippen LogP contribution is -2.08. The van der Waals surface area contributed by atoms with Crippen molar-refractivity contribution in [3.63, 3.8) is 0 Å². The van der Waals surface area contributed by atoms with Crippen LogP contribution < -0.4 is 9.47 Å². The lowest BCUT2D eigenvalue weighted by atomic mass is 10.1. The molecule has 0 saturated heterocycles. The summed E-state index contributed by atoms with van der Waals surface area (Å²) < 4.78 is 11.0. The summed E-state index contributed by atoms with van der Waals surface area (Å²) in [5, 5.41) is 0. The zero-order valence-corrected chi connectivity index (χ0v) is 13.4. The summed E-state index contributed by atoms with van der Waals surface area (Å²) in [6.45, 7) is 2.49. The molecule has 0 amide bonds. The van der Waals surface area contributed by atoms with Crippen LogP contribution in [0.5, 0.6) is 11.5 Å². The monoisotopic (exact) mass is 318 g/mol.